The topological polar surface area (TPSA) is 56.5 Å². The Balaban J connectivity index is 2.05. The summed E-state index contributed by atoms with van der Waals surface area (Å²) in [5, 5.41) is 0. The molecule has 0 radical (unpaired) electrons. The molecule has 0 N–H and O–H groups in total. The molecule has 1 fully saturated rings. The first-order chi connectivity index (χ1) is 12.3. The zero-order chi connectivity index (χ0) is 18.9. The maximum Gasteiger partial charge on any atom is 0.416 e. The van der Waals surface area contributed by atoms with Crippen molar-refractivity contribution in [1.82, 2.24) is 9.13 Å². The van der Waals surface area contributed by atoms with Crippen LogP contribution in [0.2, 0.25) is 0 Å². The fourth-order valence-electron chi connectivity index (χ4n) is 2.89. The van der Waals surface area contributed by atoms with Crippen LogP contribution in [-0.2, 0) is 24.5 Å². The number of hydrogen-bond donors (Lipinski definition) is 0. The van der Waals surface area contributed by atoms with Crippen molar-refractivity contribution in [1.29, 1.82) is 0 Å². The fourth-order valence-corrected chi connectivity index (χ4v) is 2.89. The summed E-state index contributed by atoms with van der Waals surface area (Å²) in [6.45, 7) is 1.83. The summed E-state index contributed by atoms with van der Waals surface area (Å²) < 4.78 is 46.4. The van der Waals surface area contributed by atoms with Crippen molar-refractivity contribution >= 4 is 5.82 Å². The van der Waals surface area contributed by atoms with Crippen LogP contribution in [0.5, 0.6) is 0 Å². The van der Waals surface area contributed by atoms with Crippen molar-refractivity contribution in [2.45, 2.75) is 12.7 Å². The zero-order valence-corrected chi connectivity index (χ0v) is 14.1. The zero-order valence-electron chi connectivity index (χ0n) is 14.1. The molecular formula is C17H18F3N3O3. The van der Waals surface area contributed by atoms with E-state index in [1.165, 1.54) is 29.8 Å². The second-order valence-electron chi connectivity index (χ2n) is 6.07. The number of hydrogen-bond acceptors (Lipinski definition) is 4. The van der Waals surface area contributed by atoms with Gasteiger partial charge in [-0.05, 0) is 17.7 Å². The molecule has 26 heavy (non-hydrogen) atoms. The lowest BCUT2D eigenvalue weighted by Crippen LogP contribution is -2.44. The van der Waals surface area contributed by atoms with Crippen molar-refractivity contribution in [3.05, 3.63) is 62.3 Å². The van der Waals surface area contributed by atoms with E-state index < -0.39 is 23.0 Å². The highest BCUT2D eigenvalue weighted by molar-refractivity contribution is 5.40. The number of nitrogens with zero attached hydrogens (tertiary/aromatic N) is 3. The van der Waals surface area contributed by atoms with Gasteiger partial charge in [0.2, 0.25) is 0 Å². The Labute approximate surface area is 147 Å². The summed E-state index contributed by atoms with van der Waals surface area (Å²) in [5.41, 5.74) is -1.48. The Morgan fingerprint density at radius 1 is 1.12 bits per heavy atom. The first-order valence-electron chi connectivity index (χ1n) is 8.07. The summed E-state index contributed by atoms with van der Waals surface area (Å²) >= 11 is 0. The monoisotopic (exact) mass is 369 g/mol. The fraction of sp³-hybridized carbons (Fsp3) is 0.412. The van der Waals surface area contributed by atoms with Crippen LogP contribution in [0.1, 0.15) is 11.1 Å². The normalized spacial score (nSPS) is 15.3. The number of ether oxygens (including phenoxy) is 1. The standard InChI is InChI=1S/C17H18F3N3O3/c1-21-15(24)10-14(22-5-7-26-8-6-22)23(16(21)25)11-12-3-2-4-13(9-12)17(18,19)20/h2-4,9-10H,5-8,11H2,1H3. The molecule has 6 nitrogen and oxygen atoms in total. The van der Waals surface area contributed by atoms with E-state index in [1.807, 2.05) is 4.90 Å². The molecule has 3 rings (SSSR count). The van der Waals surface area contributed by atoms with Crippen LogP contribution in [0.4, 0.5) is 19.0 Å². The molecule has 2 aromatic rings. The quantitative estimate of drug-likeness (QED) is 0.822. The highest BCUT2D eigenvalue weighted by Gasteiger charge is 2.30. The Kier molecular flexibility index (Phi) is 4.90. The molecule has 0 unspecified atom stereocenters. The van der Waals surface area contributed by atoms with Crippen molar-refractivity contribution in [3.8, 4) is 0 Å². The minimum absolute atomic E-state index is 0.0659. The molecule has 1 aromatic carbocycles. The number of anilines is 1. The number of aromatic nitrogens is 2. The lowest BCUT2D eigenvalue weighted by molar-refractivity contribution is -0.137. The largest absolute Gasteiger partial charge is 0.416 e. The van der Waals surface area contributed by atoms with Gasteiger partial charge in [-0.1, -0.05) is 12.1 Å². The highest BCUT2D eigenvalue weighted by atomic mass is 19.4. The van der Waals surface area contributed by atoms with Gasteiger partial charge in [0.1, 0.15) is 5.82 Å². The van der Waals surface area contributed by atoms with Crippen LogP contribution in [0.3, 0.4) is 0 Å². The Hall–Kier alpha value is -2.55. The molecule has 0 saturated carbocycles. The minimum Gasteiger partial charge on any atom is -0.378 e. The van der Waals surface area contributed by atoms with Crippen LogP contribution < -0.4 is 16.1 Å². The third kappa shape index (κ3) is 3.67. The van der Waals surface area contributed by atoms with Crippen LogP contribution in [-0.4, -0.2) is 35.4 Å². The second-order valence-corrected chi connectivity index (χ2v) is 6.07. The molecule has 0 amide bonds. The van der Waals surface area contributed by atoms with E-state index in [1.54, 1.807) is 0 Å². The van der Waals surface area contributed by atoms with E-state index in [2.05, 4.69) is 0 Å². The molecular weight excluding hydrogens is 351 g/mol. The third-order valence-corrected chi connectivity index (χ3v) is 4.31. The first-order valence-corrected chi connectivity index (χ1v) is 8.07. The third-order valence-electron chi connectivity index (χ3n) is 4.31. The predicted molar refractivity (Wildman–Crippen MR) is 89.5 cm³/mol. The summed E-state index contributed by atoms with van der Waals surface area (Å²) in [5.74, 6) is 0.388. The molecule has 1 saturated heterocycles. The van der Waals surface area contributed by atoms with Gasteiger partial charge in [0, 0.05) is 26.2 Å². The van der Waals surface area contributed by atoms with Crippen LogP contribution in [0.15, 0.2) is 39.9 Å². The predicted octanol–water partition coefficient (Wildman–Crippen LogP) is 1.45. The molecule has 0 aliphatic carbocycles. The number of rotatable bonds is 3. The number of alkyl halides is 3. The number of morpholine rings is 1. The SMILES string of the molecule is Cn1c(=O)cc(N2CCOCC2)n(Cc2cccc(C(F)(F)F)c2)c1=O. The summed E-state index contributed by atoms with van der Waals surface area (Å²) in [6, 6.07) is 6.16. The van der Waals surface area contributed by atoms with Crippen LogP contribution in [0, 0.1) is 0 Å². The smallest absolute Gasteiger partial charge is 0.378 e. The number of benzene rings is 1. The van der Waals surface area contributed by atoms with Crippen LogP contribution >= 0.6 is 0 Å². The summed E-state index contributed by atoms with van der Waals surface area (Å²) in [7, 11) is 1.34. The molecule has 2 heterocycles. The van der Waals surface area contributed by atoms with E-state index in [-0.39, 0.29) is 6.54 Å². The van der Waals surface area contributed by atoms with Gasteiger partial charge in [0.25, 0.3) is 5.56 Å². The molecule has 0 spiro atoms. The maximum absolute atomic E-state index is 12.9. The van der Waals surface area contributed by atoms with Crippen LogP contribution in [0.25, 0.3) is 0 Å². The van der Waals surface area contributed by atoms with Gasteiger partial charge in [-0.3, -0.25) is 13.9 Å². The molecule has 0 atom stereocenters. The van der Waals surface area contributed by atoms with Gasteiger partial charge in [0.05, 0.1) is 25.3 Å². The Morgan fingerprint density at radius 3 is 2.46 bits per heavy atom. The molecule has 9 heteroatoms. The van der Waals surface area contributed by atoms with Crippen molar-refractivity contribution in [3.63, 3.8) is 0 Å². The minimum atomic E-state index is -4.46. The number of halogens is 3. The average molecular weight is 369 g/mol. The van der Waals surface area contributed by atoms with E-state index in [9.17, 15) is 22.8 Å². The van der Waals surface area contributed by atoms with E-state index in [4.69, 9.17) is 4.74 Å². The Morgan fingerprint density at radius 2 is 1.81 bits per heavy atom. The van der Waals surface area contributed by atoms with Gasteiger partial charge < -0.3 is 9.64 Å². The van der Waals surface area contributed by atoms with Gasteiger partial charge in [-0.25, -0.2) is 4.79 Å². The van der Waals surface area contributed by atoms with Crippen molar-refractivity contribution in [2.75, 3.05) is 31.2 Å². The summed E-state index contributed by atoms with van der Waals surface area (Å²) in [6.07, 6.45) is -4.46. The Bertz CT molecular complexity index is 912. The lowest BCUT2D eigenvalue weighted by Gasteiger charge is -2.30. The van der Waals surface area contributed by atoms with Gasteiger partial charge in [0.15, 0.2) is 0 Å². The van der Waals surface area contributed by atoms with Gasteiger partial charge in [-0.2, -0.15) is 13.2 Å². The van der Waals surface area contributed by atoms with E-state index >= 15 is 0 Å². The van der Waals surface area contributed by atoms with E-state index in [0.29, 0.717) is 37.7 Å². The first kappa shape index (κ1) is 18.2. The van der Waals surface area contributed by atoms with Gasteiger partial charge in [-0.15, -0.1) is 0 Å². The maximum atomic E-state index is 12.9. The summed E-state index contributed by atoms with van der Waals surface area (Å²) in [4.78, 5) is 26.5. The van der Waals surface area contributed by atoms with E-state index in [0.717, 1.165) is 16.7 Å². The lowest BCUT2D eigenvalue weighted by atomic mass is 10.1. The molecule has 1 aliphatic heterocycles. The average Bonchev–Trinajstić information content (AvgIpc) is 2.62. The highest BCUT2D eigenvalue weighted by Crippen LogP contribution is 2.29. The van der Waals surface area contributed by atoms with Gasteiger partial charge >= 0.3 is 11.9 Å². The molecule has 140 valence electrons. The molecule has 1 aromatic heterocycles. The molecule has 1 aliphatic rings. The van der Waals surface area contributed by atoms with Crippen molar-refractivity contribution < 1.29 is 17.9 Å². The van der Waals surface area contributed by atoms with Crippen molar-refractivity contribution in [2.24, 2.45) is 7.05 Å². The molecule has 0 bridgehead atoms. The second kappa shape index (κ2) is 6.99.